The van der Waals surface area contributed by atoms with Gasteiger partial charge in [0.05, 0.1) is 5.69 Å². The number of hydrogen-bond acceptors (Lipinski definition) is 3. The Kier molecular flexibility index (Phi) is 4.48. The molecule has 3 N–H and O–H groups in total. The lowest BCUT2D eigenvalue weighted by Crippen LogP contribution is -2.30. The van der Waals surface area contributed by atoms with Gasteiger partial charge >= 0.3 is 0 Å². The molecular weight excluding hydrogens is 288 g/mol. The largest absolute Gasteiger partial charge is 0.330 e. The number of rotatable bonds is 4. The molecule has 0 unspecified atom stereocenters. The molecule has 0 spiro atoms. The fraction of sp³-hybridized carbons (Fsp3) is 0.444. The van der Waals surface area contributed by atoms with E-state index in [2.05, 4.69) is 23.4 Å². The molecule has 5 nitrogen and oxygen atoms in total. The Bertz CT molecular complexity index is 707. The number of aromatic nitrogens is 2. The van der Waals surface area contributed by atoms with Crippen LogP contribution < -0.4 is 11.1 Å². The molecule has 1 aliphatic rings. The Labute approximate surface area is 136 Å². The molecule has 122 valence electrons. The second-order valence-electron chi connectivity index (χ2n) is 6.38. The predicted molar refractivity (Wildman–Crippen MR) is 91.9 cm³/mol. The van der Waals surface area contributed by atoms with Gasteiger partial charge < -0.3 is 11.1 Å². The van der Waals surface area contributed by atoms with Gasteiger partial charge in [-0.1, -0.05) is 30.7 Å². The van der Waals surface area contributed by atoms with E-state index in [1.54, 1.807) is 4.68 Å². The van der Waals surface area contributed by atoms with Gasteiger partial charge in [-0.3, -0.25) is 9.48 Å². The summed E-state index contributed by atoms with van der Waals surface area (Å²) in [5.74, 6) is 1.13. The minimum absolute atomic E-state index is 0.0248. The number of nitrogens with one attached hydrogen (secondary N) is 1. The third-order valence-electron chi connectivity index (χ3n) is 4.85. The first-order chi connectivity index (χ1) is 11.1. The molecule has 5 heteroatoms. The van der Waals surface area contributed by atoms with Gasteiger partial charge in [-0.05, 0) is 37.8 Å². The smallest absolute Gasteiger partial charge is 0.228 e. The van der Waals surface area contributed by atoms with Crippen LogP contribution in [0.4, 0.5) is 5.82 Å². The molecule has 1 aromatic heterocycles. The van der Waals surface area contributed by atoms with E-state index in [0.29, 0.717) is 12.5 Å². The fourth-order valence-electron chi connectivity index (χ4n) is 3.46. The van der Waals surface area contributed by atoms with Crippen molar-refractivity contribution >= 4 is 11.7 Å². The number of hydrogen-bond donors (Lipinski definition) is 2. The number of nitrogens with zero attached hydrogens (tertiary/aromatic N) is 2. The van der Waals surface area contributed by atoms with Crippen LogP contribution in [0.2, 0.25) is 0 Å². The molecule has 1 amide bonds. The minimum Gasteiger partial charge on any atom is -0.330 e. The van der Waals surface area contributed by atoms with Crippen LogP contribution in [0.15, 0.2) is 30.3 Å². The van der Waals surface area contributed by atoms with E-state index in [9.17, 15) is 4.79 Å². The Balaban J connectivity index is 1.79. The van der Waals surface area contributed by atoms with Gasteiger partial charge in [0, 0.05) is 24.6 Å². The van der Waals surface area contributed by atoms with Gasteiger partial charge in [0.2, 0.25) is 5.91 Å². The molecule has 1 aromatic carbocycles. The summed E-state index contributed by atoms with van der Waals surface area (Å²) in [7, 11) is 1.85. The number of benzene rings is 1. The summed E-state index contributed by atoms with van der Waals surface area (Å²) in [6.45, 7) is 2.64. The summed E-state index contributed by atoms with van der Waals surface area (Å²) in [6.07, 6.45) is 3.06. The van der Waals surface area contributed by atoms with Gasteiger partial charge in [0.15, 0.2) is 0 Å². The van der Waals surface area contributed by atoms with Crippen LogP contribution in [0, 0.1) is 18.8 Å². The van der Waals surface area contributed by atoms with E-state index < -0.39 is 0 Å². The third-order valence-corrected chi connectivity index (χ3v) is 4.85. The summed E-state index contributed by atoms with van der Waals surface area (Å²) < 4.78 is 1.73. The highest BCUT2D eigenvalue weighted by atomic mass is 16.2. The summed E-state index contributed by atoms with van der Waals surface area (Å²) in [6, 6.07) is 10.1. The number of carbonyl (C=O) groups is 1. The van der Waals surface area contributed by atoms with E-state index in [4.69, 9.17) is 5.73 Å². The normalized spacial score (nSPS) is 20.7. The average molecular weight is 312 g/mol. The maximum Gasteiger partial charge on any atom is 0.228 e. The van der Waals surface area contributed by atoms with Crippen molar-refractivity contribution in [3.63, 3.8) is 0 Å². The number of nitrogens with two attached hydrogens (primary N) is 1. The maximum atomic E-state index is 12.5. The summed E-state index contributed by atoms with van der Waals surface area (Å²) >= 11 is 0. The first-order valence-electron chi connectivity index (χ1n) is 8.21. The zero-order valence-corrected chi connectivity index (χ0v) is 13.7. The number of aryl methyl sites for hydroxylation is 2. The molecule has 0 bridgehead atoms. The molecule has 1 aliphatic carbocycles. The van der Waals surface area contributed by atoms with E-state index >= 15 is 0 Å². The minimum atomic E-state index is 0.0248. The topological polar surface area (TPSA) is 72.9 Å². The van der Waals surface area contributed by atoms with Crippen LogP contribution in [-0.4, -0.2) is 22.2 Å². The monoisotopic (exact) mass is 312 g/mol. The number of amides is 1. The van der Waals surface area contributed by atoms with Crippen LogP contribution in [0.1, 0.15) is 24.8 Å². The lowest BCUT2D eigenvalue weighted by Gasteiger charge is -2.17. The van der Waals surface area contributed by atoms with Crippen molar-refractivity contribution in [1.82, 2.24) is 9.78 Å². The Hall–Kier alpha value is -2.14. The second-order valence-corrected chi connectivity index (χ2v) is 6.38. The quantitative estimate of drug-likeness (QED) is 0.911. The van der Waals surface area contributed by atoms with Crippen molar-refractivity contribution in [2.75, 3.05) is 11.9 Å². The highest BCUT2D eigenvalue weighted by Crippen LogP contribution is 2.32. The molecule has 1 fully saturated rings. The number of carbonyl (C=O) groups excluding carboxylic acids is 1. The lowest BCUT2D eigenvalue weighted by molar-refractivity contribution is -0.120. The van der Waals surface area contributed by atoms with Gasteiger partial charge in [-0.25, -0.2) is 0 Å². The molecule has 2 atom stereocenters. The van der Waals surface area contributed by atoms with Crippen LogP contribution in [-0.2, 0) is 11.8 Å². The fourth-order valence-corrected chi connectivity index (χ4v) is 3.46. The molecule has 0 saturated heterocycles. The zero-order chi connectivity index (χ0) is 16.4. The summed E-state index contributed by atoms with van der Waals surface area (Å²) in [5.41, 5.74) is 8.92. The van der Waals surface area contributed by atoms with E-state index in [-0.39, 0.29) is 11.8 Å². The molecule has 2 aromatic rings. The van der Waals surface area contributed by atoms with Crippen LogP contribution in [0.25, 0.3) is 11.3 Å². The average Bonchev–Trinajstić information content (AvgIpc) is 3.15. The standard InChI is InChI=1S/C18H24N4O/c1-12-6-3-4-8-14(12)16-10-17(22(2)21-16)20-18(23)15-9-5-7-13(15)11-19/h3-4,6,8,10,13,15H,5,7,9,11,19H2,1-2H3,(H,20,23)/t13-,15-/m1/s1. The van der Waals surface area contributed by atoms with E-state index in [1.807, 2.05) is 31.3 Å². The first kappa shape index (κ1) is 15.7. The summed E-state index contributed by atoms with van der Waals surface area (Å²) in [5, 5.41) is 7.57. The predicted octanol–water partition coefficient (Wildman–Crippen LogP) is 2.71. The van der Waals surface area contributed by atoms with Crippen LogP contribution >= 0.6 is 0 Å². The zero-order valence-electron chi connectivity index (χ0n) is 13.7. The third kappa shape index (κ3) is 3.15. The van der Waals surface area contributed by atoms with Gasteiger partial charge in [0.25, 0.3) is 0 Å². The van der Waals surface area contributed by atoms with Crippen molar-refractivity contribution < 1.29 is 4.79 Å². The van der Waals surface area contributed by atoms with E-state index in [0.717, 1.165) is 36.3 Å². The van der Waals surface area contributed by atoms with Crippen molar-refractivity contribution in [1.29, 1.82) is 0 Å². The van der Waals surface area contributed by atoms with Crippen molar-refractivity contribution in [2.45, 2.75) is 26.2 Å². The molecule has 1 saturated carbocycles. The first-order valence-corrected chi connectivity index (χ1v) is 8.21. The molecule has 3 rings (SSSR count). The molecule has 0 radical (unpaired) electrons. The Morgan fingerprint density at radius 2 is 2.17 bits per heavy atom. The molecule has 1 heterocycles. The molecule has 23 heavy (non-hydrogen) atoms. The maximum absolute atomic E-state index is 12.5. The number of anilines is 1. The van der Waals surface area contributed by atoms with E-state index in [1.165, 1.54) is 5.56 Å². The lowest BCUT2D eigenvalue weighted by atomic mass is 9.95. The van der Waals surface area contributed by atoms with Crippen molar-refractivity contribution in [3.8, 4) is 11.3 Å². The van der Waals surface area contributed by atoms with Crippen LogP contribution in [0.3, 0.4) is 0 Å². The SMILES string of the molecule is Cc1ccccc1-c1cc(NC(=O)[C@@H]2CCC[C@@H]2CN)n(C)n1. The second kappa shape index (κ2) is 6.54. The van der Waals surface area contributed by atoms with Crippen molar-refractivity contribution in [2.24, 2.45) is 24.6 Å². The highest BCUT2D eigenvalue weighted by Gasteiger charge is 2.32. The van der Waals surface area contributed by atoms with Gasteiger partial charge in [-0.2, -0.15) is 5.10 Å². The Morgan fingerprint density at radius 1 is 1.39 bits per heavy atom. The van der Waals surface area contributed by atoms with Crippen LogP contribution in [0.5, 0.6) is 0 Å². The molecular formula is C18H24N4O. The summed E-state index contributed by atoms with van der Waals surface area (Å²) in [4.78, 5) is 12.5. The van der Waals surface area contributed by atoms with Crippen molar-refractivity contribution in [3.05, 3.63) is 35.9 Å². The Morgan fingerprint density at radius 3 is 2.91 bits per heavy atom. The molecule has 0 aliphatic heterocycles. The van der Waals surface area contributed by atoms with Gasteiger partial charge in [-0.15, -0.1) is 0 Å². The van der Waals surface area contributed by atoms with Gasteiger partial charge in [0.1, 0.15) is 5.82 Å². The highest BCUT2D eigenvalue weighted by molar-refractivity contribution is 5.92.